The summed E-state index contributed by atoms with van der Waals surface area (Å²) in [7, 11) is 1.54. The molecule has 34 heavy (non-hydrogen) atoms. The minimum Gasteiger partial charge on any atom is -0.484 e. The monoisotopic (exact) mass is 468 g/mol. The van der Waals surface area contributed by atoms with Crippen molar-refractivity contribution in [3.63, 3.8) is 0 Å². The lowest BCUT2D eigenvalue weighted by atomic mass is 10.1. The summed E-state index contributed by atoms with van der Waals surface area (Å²) in [6.45, 7) is 4.71. The van der Waals surface area contributed by atoms with Crippen LogP contribution < -0.4 is 25.1 Å². The summed E-state index contributed by atoms with van der Waals surface area (Å²) in [5, 5.41) is 14.0. The molecule has 0 aliphatic carbocycles. The number of nitrogens with one attached hydrogen (secondary N) is 1. The Morgan fingerprint density at radius 2 is 2.06 bits per heavy atom. The van der Waals surface area contributed by atoms with Crippen molar-refractivity contribution in [3.05, 3.63) is 46.5 Å². The molecule has 2 N–H and O–H groups in total. The maximum absolute atomic E-state index is 12.5. The number of nitrogens with zero attached hydrogens (tertiary/aromatic N) is 5. The van der Waals surface area contributed by atoms with E-state index in [1.165, 1.54) is 13.3 Å². The number of aromatic nitrogens is 4. The number of pyridine rings is 2. The maximum Gasteiger partial charge on any atom is 0.270 e. The Balaban J connectivity index is 1.16. The van der Waals surface area contributed by atoms with Crippen LogP contribution >= 0.6 is 0 Å². The summed E-state index contributed by atoms with van der Waals surface area (Å²) in [5.41, 5.74) is 1.93. The molecule has 5 heterocycles. The van der Waals surface area contributed by atoms with Gasteiger partial charge in [-0.05, 0) is 17.7 Å². The van der Waals surface area contributed by atoms with Gasteiger partial charge >= 0.3 is 0 Å². The second-order valence-corrected chi connectivity index (χ2v) is 8.51. The molecule has 0 aromatic carbocycles. The average Bonchev–Trinajstić information content (AvgIpc) is 3.22. The Labute approximate surface area is 196 Å². The predicted molar refractivity (Wildman–Crippen MR) is 123 cm³/mol. The summed E-state index contributed by atoms with van der Waals surface area (Å²) in [4.78, 5) is 27.5. The highest BCUT2D eigenvalue weighted by atomic mass is 16.6. The molecule has 0 amide bonds. The van der Waals surface area contributed by atoms with E-state index < -0.39 is 6.10 Å². The number of hydrogen-bond donors (Lipinski definition) is 2. The number of aliphatic hydroxyl groups excluding tert-OH is 1. The molecule has 5 rings (SSSR count). The third kappa shape index (κ3) is 4.81. The number of methoxy groups -OCH3 is 1. The quantitative estimate of drug-likeness (QED) is 0.469. The van der Waals surface area contributed by atoms with Crippen LogP contribution in [0.2, 0.25) is 0 Å². The van der Waals surface area contributed by atoms with Gasteiger partial charge in [0.1, 0.15) is 18.7 Å². The van der Waals surface area contributed by atoms with Crippen LogP contribution in [-0.4, -0.2) is 82.1 Å². The number of β-amino-alcohol motifs (C(OH)–C–C–N with tert-alkyl or cyclic N) is 1. The fourth-order valence-corrected chi connectivity index (χ4v) is 4.39. The molecule has 0 saturated carbocycles. The Morgan fingerprint density at radius 3 is 2.94 bits per heavy atom. The number of ether oxygens (including phenoxy) is 3. The van der Waals surface area contributed by atoms with E-state index in [-0.39, 0.29) is 11.5 Å². The lowest BCUT2D eigenvalue weighted by molar-refractivity contribution is 0.140. The molecule has 1 saturated heterocycles. The molecule has 1 fully saturated rings. The molecule has 0 unspecified atom stereocenters. The van der Waals surface area contributed by atoms with Crippen LogP contribution in [0.4, 0.5) is 0 Å². The zero-order valence-corrected chi connectivity index (χ0v) is 19.0. The summed E-state index contributed by atoms with van der Waals surface area (Å²) >= 11 is 0. The van der Waals surface area contributed by atoms with Crippen LogP contribution in [-0.2, 0) is 13.1 Å². The van der Waals surface area contributed by atoms with Crippen LogP contribution in [0, 0.1) is 5.92 Å². The van der Waals surface area contributed by atoms with Gasteiger partial charge in [-0.25, -0.2) is 9.97 Å². The summed E-state index contributed by atoms with van der Waals surface area (Å²) in [5.74, 6) is 1.73. The van der Waals surface area contributed by atoms with Crippen molar-refractivity contribution >= 4 is 11.2 Å². The van der Waals surface area contributed by atoms with Gasteiger partial charge in [0.05, 0.1) is 19.4 Å². The summed E-state index contributed by atoms with van der Waals surface area (Å²) in [6, 6.07) is 5.45. The first-order chi connectivity index (χ1) is 16.6. The first-order valence-electron chi connectivity index (χ1n) is 11.4. The van der Waals surface area contributed by atoms with Crippen molar-refractivity contribution in [3.8, 4) is 17.5 Å². The Kier molecular flexibility index (Phi) is 6.57. The zero-order chi connectivity index (χ0) is 23.5. The standard InChI is InChI=1S/C23H28N6O5/c1-32-20-3-2-17-22(27-20)29(21(31)12-25-17)5-4-28-13-16(18(30)14-28)11-24-9-15-8-19-23(26-10-15)34-7-6-33-19/h2-3,8,10,12,16,18,24,30H,4-7,9,11,13-14H2,1H3/t16-,18+/m0/s1. The number of rotatable bonds is 8. The summed E-state index contributed by atoms with van der Waals surface area (Å²) in [6.07, 6.45) is 2.65. The van der Waals surface area contributed by atoms with Gasteiger partial charge in [-0.2, -0.15) is 4.98 Å². The Morgan fingerprint density at radius 1 is 1.18 bits per heavy atom. The fraction of sp³-hybridized carbons (Fsp3) is 0.478. The van der Waals surface area contributed by atoms with Crippen molar-refractivity contribution < 1.29 is 19.3 Å². The Hall–Kier alpha value is -3.28. The normalized spacial score (nSPS) is 20.1. The number of fused-ring (bicyclic) bond motifs is 2. The third-order valence-electron chi connectivity index (χ3n) is 6.19. The fourth-order valence-electron chi connectivity index (χ4n) is 4.39. The highest BCUT2D eigenvalue weighted by Crippen LogP contribution is 2.28. The van der Waals surface area contributed by atoms with Gasteiger partial charge in [-0.15, -0.1) is 0 Å². The Bertz CT molecular complexity index is 1220. The van der Waals surface area contributed by atoms with Crippen LogP contribution in [0.1, 0.15) is 5.56 Å². The molecular weight excluding hydrogens is 440 g/mol. The first kappa shape index (κ1) is 22.5. The maximum atomic E-state index is 12.5. The van der Waals surface area contributed by atoms with Gasteiger partial charge in [-0.3, -0.25) is 14.3 Å². The first-order valence-corrected chi connectivity index (χ1v) is 11.4. The molecule has 2 aliphatic rings. The molecule has 11 heteroatoms. The highest BCUT2D eigenvalue weighted by molar-refractivity contribution is 5.70. The number of likely N-dealkylation sites (tertiary alicyclic amines) is 1. The number of aliphatic hydroxyl groups is 1. The van der Waals surface area contributed by atoms with E-state index in [2.05, 4.69) is 25.2 Å². The van der Waals surface area contributed by atoms with Gasteiger partial charge in [-0.1, -0.05) is 0 Å². The molecule has 11 nitrogen and oxygen atoms in total. The van der Waals surface area contributed by atoms with Crippen molar-refractivity contribution in [1.29, 1.82) is 0 Å². The average molecular weight is 469 g/mol. The second-order valence-electron chi connectivity index (χ2n) is 8.51. The van der Waals surface area contributed by atoms with Crippen molar-refractivity contribution in [2.75, 3.05) is 46.5 Å². The van der Waals surface area contributed by atoms with E-state index in [1.54, 1.807) is 22.9 Å². The van der Waals surface area contributed by atoms with E-state index >= 15 is 0 Å². The zero-order valence-electron chi connectivity index (χ0n) is 19.0. The molecule has 180 valence electrons. The largest absolute Gasteiger partial charge is 0.484 e. The van der Waals surface area contributed by atoms with Gasteiger partial charge in [0, 0.05) is 57.4 Å². The summed E-state index contributed by atoms with van der Waals surface area (Å²) < 4.78 is 17.8. The van der Waals surface area contributed by atoms with Gasteiger partial charge in [0.15, 0.2) is 11.4 Å². The smallest absolute Gasteiger partial charge is 0.270 e. The number of hydrogen-bond acceptors (Lipinski definition) is 10. The van der Waals surface area contributed by atoms with Crippen molar-refractivity contribution in [2.24, 2.45) is 5.92 Å². The molecule has 0 bridgehead atoms. The second kappa shape index (κ2) is 9.92. The SMILES string of the molecule is COc1ccc2ncc(=O)n(CCN3C[C@H](CNCc4cnc5c(c4)OCCO5)[C@H](O)C3)c2n1. The highest BCUT2D eigenvalue weighted by Gasteiger charge is 2.30. The van der Waals surface area contributed by atoms with Crippen LogP contribution in [0.5, 0.6) is 17.5 Å². The molecular formula is C23H28N6O5. The van der Waals surface area contributed by atoms with Gasteiger partial charge in [0.25, 0.3) is 11.4 Å². The van der Waals surface area contributed by atoms with Gasteiger partial charge in [0.2, 0.25) is 5.88 Å². The van der Waals surface area contributed by atoms with E-state index in [9.17, 15) is 9.90 Å². The predicted octanol–water partition coefficient (Wildman–Crippen LogP) is 0.0488. The molecule has 2 aliphatic heterocycles. The topological polar surface area (TPSA) is 124 Å². The van der Waals surface area contributed by atoms with Crippen LogP contribution in [0.15, 0.2) is 35.4 Å². The molecule has 0 spiro atoms. The van der Waals surface area contributed by atoms with Gasteiger partial charge < -0.3 is 24.6 Å². The lowest BCUT2D eigenvalue weighted by Crippen LogP contribution is -2.31. The lowest BCUT2D eigenvalue weighted by Gasteiger charge is -2.18. The molecule has 3 aromatic heterocycles. The van der Waals surface area contributed by atoms with Crippen LogP contribution in [0.3, 0.4) is 0 Å². The van der Waals surface area contributed by atoms with Crippen molar-refractivity contribution in [1.82, 2.24) is 29.7 Å². The van der Waals surface area contributed by atoms with Crippen molar-refractivity contribution in [2.45, 2.75) is 19.2 Å². The minimum absolute atomic E-state index is 0.0919. The molecule has 2 atom stereocenters. The van der Waals surface area contributed by atoms with Crippen LogP contribution in [0.25, 0.3) is 11.2 Å². The minimum atomic E-state index is -0.435. The molecule has 0 radical (unpaired) electrons. The third-order valence-corrected chi connectivity index (χ3v) is 6.19. The van der Waals surface area contributed by atoms with E-state index in [0.717, 1.165) is 12.1 Å². The molecule has 3 aromatic rings. The van der Waals surface area contributed by atoms with E-state index in [4.69, 9.17) is 14.2 Å². The van der Waals surface area contributed by atoms with E-state index in [1.807, 2.05) is 6.07 Å². The van der Waals surface area contributed by atoms with E-state index in [0.29, 0.717) is 74.6 Å².